The van der Waals surface area contributed by atoms with E-state index >= 15 is 0 Å². The van der Waals surface area contributed by atoms with Gasteiger partial charge in [-0.25, -0.2) is 0 Å². The van der Waals surface area contributed by atoms with E-state index in [0.29, 0.717) is 0 Å². The molecule has 3 heterocycles. The highest BCUT2D eigenvalue weighted by Crippen LogP contribution is 2.34. The Balaban J connectivity index is 0.00000111. The summed E-state index contributed by atoms with van der Waals surface area (Å²) in [6, 6.07) is -4.30. The molecule has 2 unspecified atom stereocenters. The van der Waals surface area contributed by atoms with Crippen LogP contribution in [0.4, 0.5) is 0 Å². The molecule has 0 amide bonds. The third-order valence-corrected chi connectivity index (χ3v) is 8.32. The molecule has 1 aliphatic carbocycles. The van der Waals surface area contributed by atoms with Gasteiger partial charge in [0.1, 0.15) is 67.1 Å². The summed E-state index contributed by atoms with van der Waals surface area (Å²) < 4.78 is 66.0. The summed E-state index contributed by atoms with van der Waals surface area (Å²) >= 11 is 0. The minimum atomic E-state index is -4.67. The minimum Gasteiger partial charge on any atom is -0.394 e. The monoisotopic (exact) mass is 713 g/mol. The van der Waals surface area contributed by atoms with Crippen LogP contribution in [0.2, 0.25) is 0 Å². The highest BCUT2D eigenvalue weighted by atomic mass is 32.3. The normalized spacial score (nSPS) is 49.3. The van der Waals surface area contributed by atoms with Crippen molar-refractivity contribution in [3.05, 3.63) is 0 Å². The van der Waals surface area contributed by atoms with Gasteiger partial charge in [-0.3, -0.25) is 9.11 Å². The van der Waals surface area contributed by atoms with Crippen LogP contribution in [0.3, 0.4) is 0 Å². The molecule has 1 saturated carbocycles. The van der Waals surface area contributed by atoms with Crippen molar-refractivity contribution in [2.24, 2.45) is 28.7 Å². The Hall–Kier alpha value is -0.890. The molecular formula is C23H47N5O18S. The van der Waals surface area contributed by atoms with Gasteiger partial charge < -0.3 is 97.9 Å². The summed E-state index contributed by atoms with van der Waals surface area (Å²) in [6.45, 7) is -1.49. The predicted octanol–water partition coefficient (Wildman–Crippen LogP) is -9.51. The van der Waals surface area contributed by atoms with E-state index in [0.717, 1.165) is 0 Å². The van der Waals surface area contributed by atoms with Gasteiger partial charge in [0, 0.05) is 18.6 Å². The fraction of sp³-hybridized carbons (Fsp3) is 1.00. The summed E-state index contributed by atoms with van der Waals surface area (Å²) in [5.41, 5.74) is 29.9. The first-order chi connectivity index (χ1) is 21.8. The van der Waals surface area contributed by atoms with Crippen LogP contribution in [0.5, 0.6) is 0 Å². The molecule has 23 nitrogen and oxygen atoms in total. The standard InChI is InChI=1S/C23H45N5O14.H2O4S/c24-2-7-13(32)15(34)10(27)21(37-7)41-19-9(4-30)39-23(17(19)36)42-20-12(31)5(25)1-6(26)18(20)40-22-11(28)16(35)14(33)8(3-29)38-22;1-5(2,3)4/h5-23,29-36H,1-4,24-28H2;(H2,1,2,3,4)/t5-,6+,7+,8-,9-,10-,11-,12+,13-,14-,15-,16-,17-,18-,19-,20-,21-,22?,23?;/m1./s1. The molecule has 4 fully saturated rings. The van der Waals surface area contributed by atoms with Crippen LogP contribution < -0.4 is 28.7 Å². The average Bonchev–Trinajstić information content (AvgIpc) is 3.30. The summed E-state index contributed by atoms with van der Waals surface area (Å²) in [5, 5.41) is 82.3. The molecule has 0 aromatic rings. The van der Waals surface area contributed by atoms with E-state index in [1.807, 2.05) is 0 Å². The first kappa shape index (κ1) is 40.5. The maximum Gasteiger partial charge on any atom is 0.394 e. The molecule has 24 heteroatoms. The Labute approximate surface area is 268 Å². The SMILES string of the molecule is NC[C@@H]1O[C@H](O[C@@H]2[C@@H](CO)OC(O[C@@H]3[C@@H](O)[C@H](N)C[C@H](N)[C@H]3OC3O[C@H](CO)[C@@H](O)[C@H](O)[C@H]3N)[C@@H]2O)[C@H](N)[C@@H](O)[C@@H]1O.O=S(=O)(O)O. The smallest absolute Gasteiger partial charge is 0.394 e. The molecule has 20 N–H and O–H groups in total. The number of aliphatic hydroxyl groups is 8. The van der Waals surface area contributed by atoms with Gasteiger partial charge in [0.25, 0.3) is 0 Å². The number of aliphatic hydroxyl groups excluding tert-OH is 8. The molecule has 4 aliphatic rings. The predicted molar refractivity (Wildman–Crippen MR) is 151 cm³/mol. The fourth-order valence-electron chi connectivity index (χ4n) is 5.70. The van der Waals surface area contributed by atoms with E-state index < -0.39 is 140 Å². The van der Waals surface area contributed by atoms with Gasteiger partial charge in [-0.05, 0) is 6.42 Å². The zero-order valence-electron chi connectivity index (χ0n) is 24.8. The van der Waals surface area contributed by atoms with Crippen LogP contribution in [0.1, 0.15) is 6.42 Å². The van der Waals surface area contributed by atoms with Crippen molar-refractivity contribution >= 4 is 10.4 Å². The topological polar surface area (TPSA) is 422 Å². The quantitative estimate of drug-likeness (QED) is 0.0986. The zero-order chi connectivity index (χ0) is 35.5. The molecule has 0 radical (unpaired) electrons. The van der Waals surface area contributed by atoms with Crippen molar-refractivity contribution in [3.8, 4) is 0 Å². The van der Waals surface area contributed by atoms with Gasteiger partial charge >= 0.3 is 10.4 Å². The van der Waals surface area contributed by atoms with Crippen LogP contribution in [0.15, 0.2) is 0 Å². The fourth-order valence-corrected chi connectivity index (χ4v) is 5.70. The van der Waals surface area contributed by atoms with E-state index in [9.17, 15) is 40.9 Å². The molecule has 0 bridgehead atoms. The second-order valence-corrected chi connectivity index (χ2v) is 12.5. The third kappa shape index (κ3) is 9.67. The Kier molecular flexibility index (Phi) is 14.6. The Bertz CT molecular complexity index is 1070. The van der Waals surface area contributed by atoms with Crippen LogP contribution >= 0.6 is 0 Å². The summed E-state index contributed by atoms with van der Waals surface area (Å²) in [4.78, 5) is 0. The van der Waals surface area contributed by atoms with Gasteiger partial charge in [-0.15, -0.1) is 0 Å². The van der Waals surface area contributed by atoms with Crippen molar-refractivity contribution in [3.63, 3.8) is 0 Å². The first-order valence-corrected chi connectivity index (χ1v) is 15.9. The van der Waals surface area contributed by atoms with E-state index in [-0.39, 0.29) is 13.0 Å². The van der Waals surface area contributed by atoms with Crippen LogP contribution in [-0.4, -0.2) is 194 Å². The lowest BCUT2D eigenvalue weighted by atomic mass is 9.84. The lowest BCUT2D eigenvalue weighted by molar-refractivity contribution is -0.310. The molecule has 0 aromatic carbocycles. The third-order valence-electron chi connectivity index (χ3n) is 8.32. The van der Waals surface area contributed by atoms with Crippen LogP contribution in [-0.2, 0) is 38.8 Å². The van der Waals surface area contributed by atoms with E-state index in [4.69, 9.17) is 74.6 Å². The van der Waals surface area contributed by atoms with Crippen molar-refractivity contribution in [2.45, 2.75) is 123 Å². The second kappa shape index (κ2) is 16.9. The van der Waals surface area contributed by atoms with E-state index in [2.05, 4.69) is 0 Å². The van der Waals surface area contributed by atoms with Crippen LogP contribution in [0, 0.1) is 0 Å². The summed E-state index contributed by atoms with van der Waals surface area (Å²) in [6.07, 6.45) is -20.5. The highest BCUT2D eigenvalue weighted by molar-refractivity contribution is 7.79. The highest BCUT2D eigenvalue weighted by Gasteiger charge is 2.54. The van der Waals surface area contributed by atoms with Gasteiger partial charge in [-0.1, -0.05) is 0 Å². The molecule has 4 rings (SSSR count). The molecule has 0 aromatic heterocycles. The zero-order valence-corrected chi connectivity index (χ0v) is 25.6. The van der Waals surface area contributed by atoms with Gasteiger partial charge in [0.15, 0.2) is 18.9 Å². The molecule has 3 saturated heterocycles. The molecule has 0 spiro atoms. The number of hydrogen-bond donors (Lipinski definition) is 15. The lowest BCUT2D eigenvalue weighted by Crippen LogP contribution is -2.68. The number of hydrogen-bond acceptors (Lipinski definition) is 21. The molecule has 3 aliphatic heterocycles. The Morgan fingerprint density at radius 3 is 1.49 bits per heavy atom. The van der Waals surface area contributed by atoms with Crippen molar-refractivity contribution in [1.29, 1.82) is 0 Å². The molecule has 47 heavy (non-hydrogen) atoms. The van der Waals surface area contributed by atoms with Crippen LogP contribution in [0.25, 0.3) is 0 Å². The molecule has 19 atom stereocenters. The van der Waals surface area contributed by atoms with Gasteiger partial charge in [0.2, 0.25) is 0 Å². The average molecular weight is 714 g/mol. The maximum absolute atomic E-state index is 11.1. The van der Waals surface area contributed by atoms with Crippen molar-refractivity contribution < 1.29 is 86.8 Å². The largest absolute Gasteiger partial charge is 0.394 e. The second-order valence-electron chi connectivity index (χ2n) is 11.6. The van der Waals surface area contributed by atoms with Gasteiger partial charge in [-0.2, -0.15) is 8.42 Å². The van der Waals surface area contributed by atoms with E-state index in [1.165, 1.54) is 0 Å². The van der Waals surface area contributed by atoms with Gasteiger partial charge in [0.05, 0.1) is 31.4 Å². The minimum absolute atomic E-state index is 0.0642. The number of rotatable bonds is 9. The number of nitrogens with two attached hydrogens (primary N) is 5. The lowest BCUT2D eigenvalue weighted by Gasteiger charge is -2.47. The summed E-state index contributed by atoms with van der Waals surface area (Å²) in [5.74, 6) is 0. The molecular weight excluding hydrogens is 666 g/mol. The molecule has 278 valence electrons. The van der Waals surface area contributed by atoms with Crippen molar-refractivity contribution in [2.75, 3.05) is 19.8 Å². The number of ether oxygens (including phenoxy) is 6. The Morgan fingerprint density at radius 1 is 0.574 bits per heavy atom. The Morgan fingerprint density at radius 2 is 1.00 bits per heavy atom. The first-order valence-electron chi connectivity index (χ1n) is 14.5. The van der Waals surface area contributed by atoms with Crippen molar-refractivity contribution in [1.82, 2.24) is 0 Å². The maximum atomic E-state index is 11.1. The summed E-state index contributed by atoms with van der Waals surface area (Å²) in [7, 11) is -4.67. The van der Waals surface area contributed by atoms with E-state index in [1.54, 1.807) is 0 Å².